The molecule has 0 atom stereocenters. The molecule has 5 nitrogen and oxygen atoms in total. The standard InChI is InChI=1S/C9H13N5/c10-9(11)7-5-13-8(6-12-7)14-3-1-2-4-14/h5-6H,1-4H2,(H3,10,11). The van der Waals surface area contributed by atoms with Crippen molar-refractivity contribution in [2.24, 2.45) is 5.73 Å². The molecule has 14 heavy (non-hydrogen) atoms. The van der Waals surface area contributed by atoms with Gasteiger partial charge in [0.2, 0.25) is 0 Å². The summed E-state index contributed by atoms with van der Waals surface area (Å²) in [6.45, 7) is 2.10. The van der Waals surface area contributed by atoms with Gasteiger partial charge in [-0.15, -0.1) is 0 Å². The Hall–Kier alpha value is -1.65. The van der Waals surface area contributed by atoms with Crippen molar-refractivity contribution in [3.63, 3.8) is 0 Å². The molecule has 0 aromatic carbocycles. The van der Waals surface area contributed by atoms with Gasteiger partial charge in [-0.05, 0) is 12.8 Å². The Balaban J connectivity index is 2.16. The van der Waals surface area contributed by atoms with Crippen LogP contribution in [0.2, 0.25) is 0 Å². The highest BCUT2D eigenvalue weighted by Crippen LogP contribution is 2.15. The fourth-order valence-corrected chi connectivity index (χ4v) is 1.57. The first kappa shape index (κ1) is 8.93. The zero-order valence-electron chi connectivity index (χ0n) is 7.90. The quantitative estimate of drug-likeness (QED) is 0.522. The van der Waals surface area contributed by atoms with E-state index in [1.807, 2.05) is 0 Å². The maximum atomic E-state index is 7.18. The molecule has 0 amide bonds. The van der Waals surface area contributed by atoms with Gasteiger partial charge in [-0.3, -0.25) is 5.41 Å². The topological polar surface area (TPSA) is 78.9 Å². The number of amidine groups is 1. The van der Waals surface area contributed by atoms with Crippen LogP contribution >= 0.6 is 0 Å². The fourth-order valence-electron chi connectivity index (χ4n) is 1.57. The Morgan fingerprint density at radius 3 is 2.50 bits per heavy atom. The van der Waals surface area contributed by atoms with Crippen molar-refractivity contribution in [1.29, 1.82) is 5.41 Å². The van der Waals surface area contributed by atoms with Crippen molar-refractivity contribution in [2.45, 2.75) is 12.8 Å². The number of anilines is 1. The Kier molecular flexibility index (Phi) is 2.30. The van der Waals surface area contributed by atoms with Gasteiger partial charge in [0.15, 0.2) is 0 Å². The molecule has 0 aliphatic carbocycles. The van der Waals surface area contributed by atoms with Crippen LogP contribution in [0, 0.1) is 5.41 Å². The average molecular weight is 191 g/mol. The minimum atomic E-state index is -0.0366. The van der Waals surface area contributed by atoms with Crippen LogP contribution in [0.5, 0.6) is 0 Å². The molecule has 2 rings (SSSR count). The van der Waals surface area contributed by atoms with Crippen molar-refractivity contribution < 1.29 is 0 Å². The van der Waals surface area contributed by atoms with Crippen molar-refractivity contribution in [3.05, 3.63) is 18.1 Å². The van der Waals surface area contributed by atoms with Crippen molar-refractivity contribution >= 4 is 11.7 Å². The van der Waals surface area contributed by atoms with Crippen LogP contribution < -0.4 is 10.6 Å². The monoisotopic (exact) mass is 191 g/mol. The van der Waals surface area contributed by atoms with Crippen LogP contribution in [0.15, 0.2) is 12.4 Å². The summed E-state index contributed by atoms with van der Waals surface area (Å²) >= 11 is 0. The van der Waals surface area contributed by atoms with Crippen LogP contribution in [0.4, 0.5) is 5.82 Å². The third-order valence-electron chi connectivity index (χ3n) is 2.34. The molecule has 0 radical (unpaired) electrons. The number of nitrogens with zero attached hydrogens (tertiary/aromatic N) is 3. The fraction of sp³-hybridized carbons (Fsp3) is 0.444. The lowest BCUT2D eigenvalue weighted by Crippen LogP contribution is -2.20. The Morgan fingerprint density at radius 2 is 2.00 bits per heavy atom. The Labute approximate surface area is 82.5 Å². The van der Waals surface area contributed by atoms with E-state index in [2.05, 4.69) is 14.9 Å². The summed E-state index contributed by atoms with van der Waals surface area (Å²) in [5.41, 5.74) is 5.72. The summed E-state index contributed by atoms with van der Waals surface area (Å²) in [5, 5.41) is 7.18. The highest BCUT2D eigenvalue weighted by molar-refractivity contribution is 5.92. The third kappa shape index (κ3) is 1.66. The van der Waals surface area contributed by atoms with E-state index in [-0.39, 0.29) is 5.84 Å². The summed E-state index contributed by atoms with van der Waals surface area (Å²) in [4.78, 5) is 10.5. The summed E-state index contributed by atoms with van der Waals surface area (Å²) in [6.07, 6.45) is 5.67. The molecule has 5 heteroatoms. The highest BCUT2D eigenvalue weighted by Gasteiger charge is 2.13. The predicted octanol–water partition coefficient (Wildman–Crippen LogP) is 0.361. The molecule has 0 saturated carbocycles. The molecule has 1 fully saturated rings. The second-order valence-corrected chi connectivity index (χ2v) is 3.37. The second-order valence-electron chi connectivity index (χ2n) is 3.37. The number of nitrogens with one attached hydrogen (secondary N) is 1. The van der Waals surface area contributed by atoms with Crippen molar-refractivity contribution in [3.8, 4) is 0 Å². The third-order valence-corrected chi connectivity index (χ3v) is 2.34. The van der Waals surface area contributed by atoms with Crippen LogP contribution in [0.1, 0.15) is 18.5 Å². The lowest BCUT2D eigenvalue weighted by Gasteiger charge is -2.15. The van der Waals surface area contributed by atoms with Gasteiger partial charge in [0.25, 0.3) is 0 Å². The van der Waals surface area contributed by atoms with Gasteiger partial charge in [0.1, 0.15) is 17.3 Å². The van der Waals surface area contributed by atoms with Gasteiger partial charge in [0, 0.05) is 13.1 Å². The Bertz CT molecular complexity index is 326. The van der Waals surface area contributed by atoms with Crippen molar-refractivity contribution in [1.82, 2.24) is 9.97 Å². The molecule has 1 aromatic rings. The van der Waals surface area contributed by atoms with Gasteiger partial charge in [-0.1, -0.05) is 0 Å². The lowest BCUT2D eigenvalue weighted by molar-refractivity contribution is 0.924. The first-order valence-electron chi connectivity index (χ1n) is 4.69. The second kappa shape index (κ2) is 3.61. The first-order valence-corrected chi connectivity index (χ1v) is 4.69. The first-order chi connectivity index (χ1) is 6.77. The van der Waals surface area contributed by atoms with Gasteiger partial charge >= 0.3 is 0 Å². The predicted molar refractivity (Wildman–Crippen MR) is 54.5 cm³/mol. The molecule has 0 spiro atoms. The van der Waals surface area contributed by atoms with E-state index >= 15 is 0 Å². The molecular weight excluding hydrogens is 178 g/mol. The largest absolute Gasteiger partial charge is 0.382 e. The van der Waals surface area contributed by atoms with Gasteiger partial charge in [0.05, 0.1) is 12.4 Å². The van der Waals surface area contributed by atoms with E-state index in [9.17, 15) is 0 Å². The maximum absolute atomic E-state index is 7.18. The zero-order valence-corrected chi connectivity index (χ0v) is 7.90. The smallest absolute Gasteiger partial charge is 0.147 e. The molecule has 0 unspecified atom stereocenters. The van der Waals surface area contributed by atoms with E-state index in [1.165, 1.54) is 12.8 Å². The van der Waals surface area contributed by atoms with Crippen LogP contribution in [0.25, 0.3) is 0 Å². The SMILES string of the molecule is N=C(N)c1cnc(N2CCCC2)cn1. The van der Waals surface area contributed by atoms with Gasteiger partial charge in [-0.25, -0.2) is 9.97 Å². The Morgan fingerprint density at radius 1 is 1.29 bits per heavy atom. The van der Waals surface area contributed by atoms with E-state index in [4.69, 9.17) is 11.1 Å². The number of aromatic nitrogens is 2. The van der Waals surface area contributed by atoms with Gasteiger partial charge in [-0.2, -0.15) is 0 Å². The molecule has 2 heterocycles. The van der Waals surface area contributed by atoms with E-state index in [0.717, 1.165) is 18.9 Å². The van der Waals surface area contributed by atoms with E-state index in [0.29, 0.717) is 5.69 Å². The molecule has 74 valence electrons. The number of hydrogen-bond donors (Lipinski definition) is 2. The van der Waals surface area contributed by atoms with E-state index < -0.39 is 0 Å². The van der Waals surface area contributed by atoms with E-state index in [1.54, 1.807) is 12.4 Å². The summed E-state index contributed by atoms with van der Waals surface area (Å²) in [7, 11) is 0. The number of hydrogen-bond acceptors (Lipinski definition) is 4. The van der Waals surface area contributed by atoms with Gasteiger partial charge < -0.3 is 10.6 Å². The van der Waals surface area contributed by atoms with Crippen LogP contribution in [0.3, 0.4) is 0 Å². The zero-order chi connectivity index (χ0) is 9.97. The summed E-state index contributed by atoms with van der Waals surface area (Å²) in [5.74, 6) is 0.845. The molecular formula is C9H13N5. The maximum Gasteiger partial charge on any atom is 0.147 e. The molecule has 1 saturated heterocycles. The summed E-state index contributed by atoms with van der Waals surface area (Å²) in [6, 6.07) is 0. The molecule has 1 aliphatic rings. The minimum absolute atomic E-state index is 0.0366. The highest BCUT2D eigenvalue weighted by atomic mass is 15.2. The number of nitrogen functional groups attached to an aromatic ring is 1. The normalized spacial score (nSPS) is 15.9. The molecule has 0 bridgehead atoms. The summed E-state index contributed by atoms with van der Waals surface area (Å²) < 4.78 is 0. The molecule has 3 N–H and O–H groups in total. The minimum Gasteiger partial charge on any atom is -0.382 e. The van der Waals surface area contributed by atoms with Crippen LogP contribution in [-0.4, -0.2) is 28.9 Å². The van der Waals surface area contributed by atoms with Crippen molar-refractivity contribution in [2.75, 3.05) is 18.0 Å². The lowest BCUT2D eigenvalue weighted by atomic mass is 10.4. The molecule has 1 aromatic heterocycles. The molecule has 1 aliphatic heterocycles. The van der Waals surface area contributed by atoms with Crippen LogP contribution in [-0.2, 0) is 0 Å². The average Bonchev–Trinajstić information content (AvgIpc) is 2.71. The number of rotatable bonds is 2. The number of nitrogens with two attached hydrogens (primary N) is 1.